The minimum Gasteiger partial charge on any atom is -0.467 e. The molecule has 0 aromatic carbocycles. The van der Waals surface area contributed by atoms with Crippen molar-refractivity contribution < 1.29 is 4.42 Å². The van der Waals surface area contributed by atoms with Crippen LogP contribution in [0.1, 0.15) is 56.2 Å². The van der Waals surface area contributed by atoms with Crippen LogP contribution >= 0.6 is 0 Å². The Morgan fingerprint density at radius 2 is 2.13 bits per heavy atom. The molecule has 1 N–H and O–H groups in total. The van der Waals surface area contributed by atoms with Gasteiger partial charge in [0, 0.05) is 13.0 Å². The summed E-state index contributed by atoms with van der Waals surface area (Å²) in [6, 6.07) is 3.91. The summed E-state index contributed by atoms with van der Waals surface area (Å²) in [6.45, 7) is 2.07. The van der Waals surface area contributed by atoms with E-state index in [9.17, 15) is 0 Å². The molecule has 1 atom stereocenters. The maximum atomic E-state index is 5.49. The molecule has 1 aliphatic rings. The minimum absolute atomic E-state index is 0.0414. The van der Waals surface area contributed by atoms with Crippen molar-refractivity contribution in [3.8, 4) is 0 Å². The highest BCUT2D eigenvalue weighted by molar-refractivity contribution is 5.86. The number of aryl methyl sites for hydroxylation is 1. The number of hydrogen-bond donors (Lipinski definition) is 1. The highest BCUT2D eigenvalue weighted by Gasteiger charge is 2.23. The molecule has 1 saturated carbocycles. The molecule has 1 aliphatic carbocycles. The van der Waals surface area contributed by atoms with Crippen LogP contribution in [-0.2, 0) is 7.05 Å². The van der Waals surface area contributed by atoms with Gasteiger partial charge < -0.3 is 9.73 Å². The predicted molar refractivity (Wildman–Crippen MR) is 88.3 cm³/mol. The SMILES string of the molecule is CC(Nc1nc(C2CCCC2)nc2c1cnn2C)c1ccco1. The highest BCUT2D eigenvalue weighted by atomic mass is 16.3. The molecule has 4 rings (SSSR count). The van der Waals surface area contributed by atoms with Crippen molar-refractivity contribution in [3.63, 3.8) is 0 Å². The molecule has 3 heterocycles. The van der Waals surface area contributed by atoms with Crippen LogP contribution in [0.3, 0.4) is 0 Å². The standard InChI is InChI=1S/C17H21N5O/c1-11(14-8-5-9-23-14)19-16-13-10-18-22(2)17(13)21-15(20-16)12-6-3-4-7-12/h5,8-12H,3-4,6-7H2,1-2H3,(H,19,20,21). The fourth-order valence-corrected chi connectivity index (χ4v) is 3.33. The number of furan rings is 1. The van der Waals surface area contributed by atoms with Crippen LogP contribution in [0.2, 0.25) is 0 Å². The lowest BCUT2D eigenvalue weighted by Gasteiger charge is -2.15. The third-order valence-corrected chi connectivity index (χ3v) is 4.65. The first-order valence-corrected chi connectivity index (χ1v) is 8.22. The number of hydrogen-bond acceptors (Lipinski definition) is 5. The Morgan fingerprint density at radius 1 is 1.30 bits per heavy atom. The monoisotopic (exact) mass is 311 g/mol. The van der Waals surface area contributed by atoms with E-state index in [1.54, 1.807) is 6.26 Å². The average Bonchev–Trinajstić information content (AvgIpc) is 3.29. The molecule has 0 spiro atoms. The van der Waals surface area contributed by atoms with E-state index >= 15 is 0 Å². The summed E-state index contributed by atoms with van der Waals surface area (Å²) in [5, 5.41) is 8.76. The van der Waals surface area contributed by atoms with Gasteiger partial charge in [-0.25, -0.2) is 9.97 Å². The van der Waals surface area contributed by atoms with Gasteiger partial charge in [-0.15, -0.1) is 0 Å². The lowest BCUT2D eigenvalue weighted by Crippen LogP contribution is -2.11. The number of nitrogens with one attached hydrogen (secondary N) is 1. The second kappa shape index (κ2) is 5.68. The second-order valence-electron chi connectivity index (χ2n) is 6.30. The Bertz CT molecular complexity index is 802. The van der Waals surface area contributed by atoms with Gasteiger partial charge in [0.2, 0.25) is 0 Å². The van der Waals surface area contributed by atoms with E-state index in [1.807, 2.05) is 30.1 Å². The molecule has 0 amide bonds. The van der Waals surface area contributed by atoms with E-state index in [0.29, 0.717) is 5.92 Å². The molecule has 1 fully saturated rings. The Hall–Kier alpha value is -2.37. The first-order valence-electron chi connectivity index (χ1n) is 8.22. The molecule has 6 nitrogen and oxygen atoms in total. The molecule has 0 aliphatic heterocycles. The van der Waals surface area contributed by atoms with Gasteiger partial charge in [0.05, 0.1) is 23.9 Å². The van der Waals surface area contributed by atoms with Crippen LogP contribution in [0.5, 0.6) is 0 Å². The van der Waals surface area contributed by atoms with Gasteiger partial charge >= 0.3 is 0 Å². The quantitative estimate of drug-likeness (QED) is 0.794. The van der Waals surface area contributed by atoms with Crippen molar-refractivity contribution in [2.45, 2.75) is 44.6 Å². The molecule has 23 heavy (non-hydrogen) atoms. The second-order valence-corrected chi connectivity index (χ2v) is 6.30. The van der Waals surface area contributed by atoms with Crippen LogP contribution in [0.15, 0.2) is 29.0 Å². The molecular formula is C17H21N5O. The van der Waals surface area contributed by atoms with Gasteiger partial charge in [-0.1, -0.05) is 12.8 Å². The van der Waals surface area contributed by atoms with Crippen molar-refractivity contribution in [1.82, 2.24) is 19.7 Å². The van der Waals surface area contributed by atoms with Gasteiger partial charge in [-0.2, -0.15) is 5.10 Å². The number of anilines is 1. The molecule has 0 saturated heterocycles. The zero-order chi connectivity index (χ0) is 15.8. The summed E-state index contributed by atoms with van der Waals surface area (Å²) in [4.78, 5) is 9.60. The molecule has 0 radical (unpaired) electrons. The topological polar surface area (TPSA) is 68.8 Å². The van der Waals surface area contributed by atoms with Crippen LogP contribution in [-0.4, -0.2) is 19.7 Å². The Morgan fingerprint density at radius 3 is 2.87 bits per heavy atom. The molecule has 120 valence electrons. The molecular weight excluding hydrogens is 290 g/mol. The minimum atomic E-state index is 0.0414. The summed E-state index contributed by atoms with van der Waals surface area (Å²) >= 11 is 0. The van der Waals surface area contributed by atoms with Gasteiger partial charge in [0.1, 0.15) is 17.4 Å². The summed E-state index contributed by atoms with van der Waals surface area (Å²) < 4.78 is 7.31. The van der Waals surface area contributed by atoms with Crippen molar-refractivity contribution in [2.75, 3.05) is 5.32 Å². The van der Waals surface area contributed by atoms with Crippen molar-refractivity contribution in [3.05, 3.63) is 36.2 Å². The van der Waals surface area contributed by atoms with Crippen LogP contribution < -0.4 is 5.32 Å². The molecule has 3 aromatic heterocycles. The fourth-order valence-electron chi connectivity index (χ4n) is 3.33. The third kappa shape index (κ3) is 2.58. The van der Waals surface area contributed by atoms with Crippen LogP contribution in [0, 0.1) is 0 Å². The van der Waals surface area contributed by atoms with Gasteiger partial charge in [-0.3, -0.25) is 4.68 Å². The highest BCUT2D eigenvalue weighted by Crippen LogP contribution is 2.34. The van der Waals surface area contributed by atoms with Crippen molar-refractivity contribution in [2.24, 2.45) is 7.05 Å². The van der Waals surface area contributed by atoms with E-state index < -0.39 is 0 Å². The first kappa shape index (κ1) is 14.2. The lowest BCUT2D eigenvalue weighted by atomic mass is 10.1. The summed E-state index contributed by atoms with van der Waals surface area (Å²) in [7, 11) is 1.92. The normalized spacial score (nSPS) is 17.0. The molecule has 0 bridgehead atoms. The number of rotatable bonds is 4. The fraction of sp³-hybridized carbons (Fsp3) is 0.471. The average molecular weight is 311 g/mol. The largest absolute Gasteiger partial charge is 0.467 e. The molecule has 3 aromatic rings. The number of aromatic nitrogens is 4. The van der Waals surface area contributed by atoms with Gasteiger partial charge in [0.15, 0.2) is 5.65 Å². The van der Waals surface area contributed by atoms with E-state index in [-0.39, 0.29) is 6.04 Å². The summed E-state index contributed by atoms with van der Waals surface area (Å²) in [5.41, 5.74) is 0.885. The predicted octanol–water partition coefficient (Wildman–Crippen LogP) is 3.79. The van der Waals surface area contributed by atoms with Gasteiger partial charge in [0.25, 0.3) is 0 Å². The van der Waals surface area contributed by atoms with E-state index in [0.717, 1.165) is 28.4 Å². The Labute approximate surface area is 134 Å². The van der Waals surface area contributed by atoms with Crippen LogP contribution in [0.25, 0.3) is 11.0 Å². The van der Waals surface area contributed by atoms with Crippen LogP contribution in [0.4, 0.5) is 5.82 Å². The third-order valence-electron chi connectivity index (χ3n) is 4.65. The van der Waals surface area contributed by atoms with Gasteiger partial charge in [-0.05, 0) is 31.9 Å². The zero-order valence-corrected chi connectivity index (χ0v) is 13.5. The molecule has 1 unspecified atom stereocenters. The Balaban J connectivity index is 1.74. The number of fused-ring (bicyclic) bond motifs is 1. The number of nitrogens with zero attached hydrogens (tertiary/aromatic N) is 4. The van der Waals surface area contributed by atoms with Crippen molar-refractivity contribution in [1.29, 1.82) is 0 Å². The van der Waals surface area contributed by atoms with E-state index in [4.69, 9.17) is 14.4 Å². The molecule has 6 heteroatoms. The maximum Gasteiger partial charge on any atom is 0.163 e. The smallest absolute Gasteiger partial charge is 0.163 e. The summed E-state index contributed by atoms with van der Waals surface area (Å²) in [5.74, 6) is 3.14. The Kier molecular flexibility index (Phi) is 3.52. The van der Waals surface area contributed by atoms with E-state index in [1.165, 1.54) is 25.7 Å². The first-order chi connectivity index (χ1) is 11.2. The maximum absolute atomic E-state index is 5.49. The summed E-state index contributed by atoms with van der Waals surface area (Å²) in [6.07, 6.45) is 8.40. The zero-order valence-electron chi connectivity index (χ0n) is 13.5. The van der Waals surface area contributed by atoms with E-state index in [2.05, 4.69) is 17.3 Å². The lowest BCUT2D eigenvalue weighted by molar-refractivity contribution is 0.490. The van der Waals surface area contributed by atoms with Crippen molar-refractivity contribution >= 4 is 16.9 Å².